The summed E-state index contributed by atoms with van der Waals surface area (Å²) in [5.41, 5.74) is 0. The molecular formula is H2MoO2S2. The minimum absolute atomic E-state index is 0.363. The van der Waals surface area contributed by atoms with E-state index in [4.69, 9.17) is 10.5 Å². The first-order chi connectivity index (χ1) is 2.41. The van der Waals surface area contributed by atoms with E-state index in [9.17, 15) is 0 Å². The molecule has 32 valence electrons. The molecular weight excluding hydrogens is 192 g/mol. The van der Waals surface area contributed by atoms with Crippen LogP contribution < -0.4 is 0 Å². The fourth-order valence-electron chi connectivity index (χ4n) is 0. The Labute approximate surface area is 45.2 Å². The van der Waals surface area contributed by atoms with Gasteiger partial charge in [0.05, 0.1) is 0 Å². The fraction of sp³-hybridized carbons (Fsp3) is 0. The minimum atomic E-state index is -0.363. The summed E-state index contributed by atoms with van der Waals surface area (Å²) in [5.74, 6) is 0. The molecule has 0 atom stereocenters. The Morgan fingerprint density at radius 3 is 1.20 bits per heavy atom. The molecule has 2 N–H and O–H groups in total. The zero-order valence-electron chi connectivity index (χ0n) is 2.12. The molecule has 0 spiro atoms. The van der Waals surface area contributed by atoms with Crippen molar-refractivity contribution < 1.29 is 25.4 Å². The molecule has 0 bridgehead atoms. The van der Waals surface area contributed by atoms with Gasteiger partial charge in [-0.25, -0.2) is 0 Å². The molecule has 0 unspecified atom stereocenters. The van der Waals surface area contributed by atoms with Gasteiger partial charge in [0.1, 0.15) is 0 Å². The quantitative estimate of drug-likeness (QED) is 0.346. The first-order valence-corrected chi connectivity index (χ1v) is 6.12. The van der Waals surface area contributed by atoms with E-state index in [0.29, 0.717) is 0 Å². The van der Waals surface area contributed by atoms with E-state index >= 15 is 0 Å². The second-order valence-corrected chi connectivity index (χ2v) is 3.62. The number of rotatable bonds is 0. The standard InChI is InChI=1S/Mo.H2O2.2S/c;1-2;;/h;1-2H;;. The third-order valence-electron chi connectivity index (χ3n) is 0. The van der Waals surface area contributed by atoms with Crippen LogP contribution in [-0.2, 0) is 14.9 Å². The van der Waals surface area contributed by atoms with E-state index < -0.39 is 0 Å². The number of hydrogen-bond donors (Lipinski definition) is 2. The van der Waals surface area contributed by atoms with Crippen LogP contribution in [-0.4, -0.2) is 10.5 Å². The van der Waals surface area contributed by atoms with Gasteiger partial charge in [0, 0.05) is 0 Å². The van der Waals surface area contributed by atoms with E-state index in [1.807, 2.05) is 0 Å². The van der Waals surface area contributed by atoms with Crippen LogP contribution in [0.1, 0.15) is 0 Å². The molecule has 0 aromatic rings. The SMILES string of the molecule is OO.[S]=[Mo]=[S]. The van der Waals surface area contributed by atoms with Crippen LogP contribution in [0.3, 0.4) is 0 Å². The van der Waals surface area contributed by atoms with Crippen LogP contribution in [0.4, 0.5) is 0 Å². The molecule has 0 fully saturated rings. The van der Waals surface area contributed by atoms with E-state index in [1.165, 1.54) is 0 Å². The molecule has 0 aliphatic heterocycles. The molecule has 0 amide bonds. The van der Waals surface area contributed by atoms with Crippen LogP contribution in [0.5, 0.6) is 0 Å². The van der Waals surface area contributed by atoms with Crippen molar-refractivity contribution in [1.29, 1.82) is 0 Å². The molecule has 0 aliphatic rings. The Hall–Kier alpha value is 1.05. The van der Waals surface area contributed by atoms with Gasteiger partial charge in [-0.3, -0.25) is 10.5 Å². The summed E-state index contributed by atoms with van der Waals surface area (Å²) in [6.45, 7) is 0. The first-order valence-electron chi connectivity index (χ1n) is 0.533. The summed E-state index contributed by atoms with van der Waals surface area (Å²) in [4.78, 5) is 0. The third-order valence-corrected chi connectivity index (χ3v) is 0. The first kappa shape index (κ1) is 9.41. The third kappa shape index (κ3) is 42.7. The van der Waals surface area contributed by atoms with E-state index in [1.54, 1.807) is 0 Å². The second kappa shape index (κ2) is 19.7. The van der Waals surface area contributed by atoms with Crippen molar-refractivity contribution in [3.8, 4) is 0 Å². The van der Waals surface area contributed by atoms with Gasteiger partial charge >= 0.3 is 34.6 Å². The van der Waals surface area contributed by atoms with Crippen molar-refractivity contribution in [2.24, 2.45) is 0 Å². The fourth-order valence-corrected chi connectivity index (χ4v) is 0. The van der Waals surface area contributed by atoms with Crippen LogP contribution in [0, 0.1) is 0 Å². The summed E-state index contributed by atoms with van der Waals surface area (Å²) in [6.07, 6.45) is 0. The van der Waals surface area contributed by atoms with Crippen molar-refractivity contribution in [3.05, 3.63) is 0 Å². The average Bonchev–Trinajstić information content (AvgIpc) is 1.46. The molecule has 5 heavy (non-hydrogen) atoms. The van der Waals surface area contributed by atoms with Gasteiger partial charge in [-0.2, -0.15) is 0 Å². The molecule has 0 aromatic carbocycles. The zero-order valence-corrected chi connectivity index (χ0v) is 5.76. The Bertz CT molecular complexity index is 28.6. The Morgan fingerprint density at radius 2 is 1.20 bits per heavy atom. The Kier molecular flexibility index (Phi) is 37.1. The monoisotopic (exact) mass is 196 g/mol. The molecule has 0 radical (unpaired) electrons. The van der Waals surface area contributed by atoms with Crippen LogP contribution >= 0.6 is 19.6 Å². The van der Waals surface area contributed by atoms with Crippen LogP contribution in [0.2, 0.25) is 0 Å². The van der Waals surface area contributed by atoms with Gasteiger partial charge in [0.15, 0.2) is 0 Å². The van der Waals surface area contributed by atoms with Crippen molar-refractivity contribution in [3.63, 3.8) is 0 Å². The maximum atomic E-state index is 6.00. The van der Waals surface area contributed by atoms with Crippen molar-refractivity contribution >= 4 is 19.6 Å². The summed E-state index contributed by atoms with van der Waals surface area (Å²) in [5, 5.41) is 12.0. The average molecular weight is 194 g/mol. The molecule has 0 aliphatic carbocycles. The molecule has 0 rings (SSSR count). The van der Waals surface area contributed by atoms with Crippen LogP contribution in [0.25, 0.3) is 0 Å². The van der Waals surface area contributed by atoms with Crippen LogP contribution in [0.15, 0.2) is 0 Å². The van der Waals surface area contributed by atoms with Crippen molar-refractivity contribution in [2.75, 3.05) is 0 Å². The number of hydrogen-bond acceptors (Lipinski definition) is 4. The normalized spacial score (nSPS) is 3.60. The zero-order chi connectivity index (χ0) is 4.71. The Morgan fingerprint density at radius 1 is 1.20 bits per heavy atom. The summed E-state index contributed by atoms with van der Waals surface area (Å²) < 4.78 is 0. The summed E-state index contributed by atoms with van der Waals surface area (Å²) >= 11 is -0.363. The van der Waals surface area contributed by atoms with Gasteiger partial charge in [-0.15, -0.1) is 0 Å². The molecule has 2 nitrogen and oxygen atoms in total. The van der Waals surface area contributed by atoms with E-state index in [0.717, 1.165) is 0 Å². The van der Waals surface area contributed by atoms with Gasteiger partial charge < -0.3 is 0 Å². The predicted molar refractivity (Wildman–Crippen MR) is 20.4 cm³/mol. The maximum absolute atomic E-state index is 6.00. The van der Waals surface area contributed by atoms with Gasteiger partial charge in [0.2, 0.25) is 0 Å². The van der Waals surface area contributed by atoms with E-state index in [-0.39, 0.29) is 14.9 Å². The molecule has 0 saturated heterocycles. The topological polar surface area (TPSA) is 40.5 Å². The van der Waals surface area contributed by atoms with Gasteiger partial charge in [-0.05, 0) is 0 Å². The summed E-state index contributed by atoms with van der Waals surface area (Å²) in [6, 6.07) is 0. The Balaban J connectivity index is 0. The molecule has 0 saturated carbocycles. The van der Waals surface area contributed by atoms with E-state index in [2.05, 4.69) is 19.6 Å². The van der Waals surface area contributed by atoms with Gasteiger partial charge in [0.25, 0.3) is 0 Å². The van der Waals surface area contributed by atoms with Crippen molar-refractivity contribution in [1.82, 2.24) is 0 Å². The van der Waals surface area contributed by atoms with Gasteiger partial charge in [-0.1, -0.05) is 0 Å². The second-order valence-electron chi connectivity index (χ2n) is 0.0680. The summed E-state index contributed by atoms with van der Waals surface area (Å²) in [7, 11) is 8.68. The molecule has 0 heterocycles. The molecule has 0 aromatic heterocycles. The molecule has 5 heteroatoms. The van der Waals surface area contributed by atoms with Crippen molar-refractivity contribution in [2.45, 2.75) is 0 Å². The predicted octanol–water partition coefficient (Wildman–Crippen LogP) is 1.31.